The largest absolute Gasteiger partial charge is 0.493 e. The molecule has 1 aliphatic carbocycles. The smallest absolute Gasteiger partial charge is 0.330 e. The Morgan fingerprint density at radius 1 is 1.15 bits per heavy atom. The van der Waals surface area contributed by atoms with Crippen molar-refractivity contribution in [1.82, 2.24) is 5.32 Å². The number of carbonyl (C=O) groups excluding carboxylic acids is 1. The molecule has 2 aromatic rings. The second-order valence-electron chi connectivity index (χ2n) is 7.45. The second kappa shape index (κ2) is 7.43. The maximum absolute atomic E-state index is 12.4. The third kappa shape index (κ3) is 3.82. The summed E-state index contributed by atoms with van der Waals surface area (Å²) in [5.41, 5.74) is 2.91. The molecule has 0 bridgehead atoms. The number of carboxylic acids is 1. The Morgan fingerprint density at radius 3 is 2.67 bits per heavy atom. The molecule has 5 nitrogen and oxygen atoms in total. The predicted octanol–water partition coefficient (Wildman–Crippen LogP) is 3.45. The van der Waals surface area contributed by atoms with Gasteiger partial charge in [0.15, 0.2) is 6.04 Å². The van der Waals surface area contributed by atoms with E-state index in [0.29, 0.717) is 30.4 Å². The first-order valence-corrected chi connectivity index (χ1v) is 9.43. The molecular weight excluding hydrogens is 342 g/mol. The molecule has 5 heteroatoms. The molecule has 0 radical (unpaired) electrons. The molecule has 1 fully saturated rings. The van der Waals surface area contributed by atoms with Crippen LogP contribution in [-0.4, -0.2) is 23.6 Å². The number of hydrogen-bond acceptors (Lipinski definition) is 3. The van der Waals surface area contributed by atoms with Gasteiger partial charge in [0.2, 0.25) is 5.91 Å². The molecule has 2 N–H and O–H groups in total. The van der Waals surface area contributed by atoms with Gasteiger partial charge in [-0.2, -0.15) is 0 Å². The van der Waals surface area contributed by atoms with Crippen molar-refractivity contribution >= 4 is 11.9 Å². The van der Waals surface area contributed by atoms with Crippen molar-refractivity contribution < 1.29 is 19.4 Å². The maximum Gasteiger partial charge on any atom is 0.330 e. The van der Waals surface area contributed by atoms with Crippen LogP contribution in [-0.2, 0) is 16.0 Å². The van der Waals surface area contributed by atoms with E-state index in [-0.39, 0.29) is 5.91 Å². The van der Waals surface area contributed by atoms with E-state index >= 15 is 0 Å². The van der Waals surface area contributed by atoms with Gasteiger partial charge in [0.05, 0.1) is 6.61 Å². The van der Waals surface area contributed by atoms with Crippen LogP contribution >= 0.6 is 0 Å². The molecule has 27 heavy (non-hydrogen) atoms. The highest BCUT2D eigenvalue weighted by Crippen LogP contribution is 2.43. The topological polar surface area (TPSA) is 75.6 Å². The SMILES string of the molecule is O=C(CC1CC(c2ccccc2)C1)NC(C(=O)O)c1ccc2c(c1)CCO2. The van der Waals surface area contributed by atoms with Crippen LogP contribution in [0.1, 0.15) is 47.9 Å². The van der Waals surface area contributed by atoms with Gasteiger partial charge in [0.1, 0.15) is 5.75 Å². The normalized spacial score (nSPS) is 21.5. The van der Waals surface area contributed by atoms with Crippen LogP contribution in [0, 0.1) is 5.92 Å². The van der Waals surface area contributed by atoms with E-state index in [2.05, 4.69) is 17.4 Å². The van der Waals surface area contributed by atoms with Gasteiger partial charge < -0.3 is 15.2 Å². The maximum atomic E-state index is 12.4. The number of benzene rings is 2. The highest BCUT2D eigenvalue weighted by Gasteiger charge is 2.33. The summed E-state index contributed by atoms with van der Waals surface area (Å²) in [5, 5.41) is 12.3. The summed E-state index contributed by atoms with van der Waals surface area (Å²) in [5.74, 6) is 0.387. The minimum atomic E-state index is -1.04. The van der Waals surface area contributed by atoms with Gasteiger partial charge in [0, 0.05) is 12.8 Å². The first kappa shape index (κ1) is 17.6. The van der Waals surface area contributed by atoms with Crippen LogP contribution in [0.25, 0.3) is 0 Å². The Bertz CT molecular complexity index is 843. The molecular formula is C22H23NO4. The lowest BCUT2D eigenvalue weighted by Gasteiger charge is -2.35. The fourth-order valence-electron chi connectivity index (χ4n) is 4.06. The molecule has 1 unspecified atom stereocenters. The average Bonchev–Trinajstić information content (AvgIpc) is 3.10. The number of nitrogens with one attached hydrogen (secondary N) is 1. The number of ether oxygens (including phenoxy) is 1. The summed E-state index contributed by atoms with van der Waals surface area (Å²) in [6, 6.07) is 14.6. The minimum absolute atomic E-state index is 0.198. The summed E-state index contributed by atoms with van der Waals surface area (Å²) in [7, 11) is 0. The third-order valence-corrected chi connectivity index (χ3v) is 5.58. The zero-order valence-corrected chi connectivity index (χ0v) is 15.1. The van der Waals surface area contributed by atoms with E-state index in [1.807, 2.05) is 24.3 Å². The van der Waals surface area contributed by atoms with E-state index < -0.39 is 12.0 Å². The van der Waals surface area contributed by atoms with E-state index in [0.717, 1.165) is 30.6 Å². The lowest BCUT2D eigenvalue weighted by molar-refractivity contribution is -0.142. The Kier molecular flexibility index (Phi) is 4.84. The predicted molar refractivity (Wildman–Crippen MR) is 101 cm³/mol. The number of carbonyl (C=O) groups is 2. The molecule has 2 aromatic carbocycles. The fourth-order valence-corrected chi connectivity index (χ4v) is 4.06. The molecule has 1 saturated carbocycles. The Morgan fingerprint density at radius 2 is 1.93 bits per heavy atom. The molecule has 0 spiro atoms. The van der Waals surface area contributed by atoms with Crippen LogP contribution in [0.15, 0.2) is 48.5 Å². The quantitative estimate of drug-likeness (QED) is 0.822. The molecule has 1 heterocycles. The van der Waals surface area contributed by atoms with Gasteiger partial charge in [0.25, 0.3) is 0 Å². The van der Waals surface area contributed by atoms with Crippen molar-refractivity contribution in [2.24, 2.45) is 5.92 Å². The monoisotopic (exact) mass is 365 g/mol. The first-order chi connectivity index (χ1) is 13.1. The molecule has 4 rings (SSSR count). The highest BCUT2D eigenvalue weighted by molar-refractivity contribution is 5.84. The van der Waals surface area contributed by atoms with Gasteiger partial charge in [-0.1, -0.05) is 36.4 Å². The van der Waals surface area contributed by atoms with Crippen molar-refractivity contribution in [3.05, 3.63) is 65.2 Å². The summed E-state index contributed by atoms with van der Waals surface area (Å²) < 4.78 is 5.46. The standard InChI is InChI=1S/C22H23NO4/c24-20(12-14-10-18(11-14)15-4-2-1-3-5-15)23-21(22(25)26)17-6-7-19-16(13-17)8-9-27-19/h1-7,13-14,18,21H,8-12H2,(H,23,24)(H,25,26). The molecule has 1 aliphatic heterocycles. The van der Waals surface area contributed by atoms with Crippen molar-refractivity contribution in [1.29, 1.82) is 0 Å². The first-order valence-electron chi connectivity index (χ1n) is 9.43. The lowest BCUT2D eigenvalue weighted by atomic mass is 9.70. The summed E-state index contributed by atoms with van der Waals surface area (Å²) >= 11 is 0. The van der Waals surface area contributed by atoms with Crippen LogP contribution in [0.4, 0.5) is 0 Å². The fraction of sp³-hybridized carbons (Fsp3) is 0.364. The van der Waals surface area contributed by atoms with Crippen molar-refractivity contribution in [3.8, 4) is 5.75 Å². The average molecular weight is 365 g/mol. The summed E-state index contributed by atoms with van der Waals surface area (Å²) in [6.45, 7) is 0.618. The Labute approximate surface area is 158 Å². The Hall–Kier alpha value is -2.82. The molecule has 1 atom stereocenters. The van der Waals surface area contributed by atoms with Gasteiger partial charge in [-0.05, 0) is 53.5 Å². The number of hydrogen-bond donors (Lipinski definition) is 2. The van der Waals surface area contributed by atoms with E-state index in [1.54, 1.807) is 12.1 Å². The summed E-state index contributed by atoms with van der Waals surface area (Å²) in [4.78, 5) is 24.1. The van der Waals surface area contributed by atoms with Crippen molar-refractivity contribution in [2.45, 2.75) is 37.6 Å². The minimum Gasteiger partial charge on any atom is -0.493 e. The number of carboxylic acid groups (broad SMARTS) is 1. The van der Waals surface area contributed by atoms with E-state index in [4.69, 9.17) is 4.74 Å². The molecule has 0 saturated heterocycles. The lowest BCUT2D eigenvalue weighted by Crippen LogP contribution is -2.36. The molecule has 0 aromatic heterocycles. The second-order valence-corrected chi connectivity index (χ2v) is 7.45. The zero-order valence-electron chi connectivity index (χ0n) is 15.1. The van der Waals surface area contributed by atoms with Crippen LogP contribution in [0.5, 0.6) is 5.75 Å². The number of aliphatic carboxylic acids is 1. The highest BCUT2D eigenvalue weighted by atomic mass is 16.5. The zero-order chi connectivity index (χ0) is 18.8. The molecule has 140 valence electrons. The van der Waals surface area contributed by atoms with Gasteiger partial charge in [-0.3, -0.25) is 4.79 Å². The van der Waals surface area contributed by atoms with E-state index in [9.17, 15) is 14.7 Å². The third-order valence-electron chi connectivity index (χ3n) is 5.58. The van der Waals surface area contributed by atoms with Crippen LogP contribution in [0.3, 0.4) is 0 Å². The molecule has 1 amide bonds. The van der Waals surface area contributed by atoms with Crippen molar-refractivity contribution in [3.63, 3.8) is 0 Å². The van der Waals surface area contributed by atoms with Gasteiger partial charge >= 0.3 is 5.97 Å². The van der Waals surface area contributed by atoms with Crippen LogP contribution in [0.2, 0.25) is 0 Å². The van der Waals surface area contributed by atoms with Crippen molar-refractivity contribution in [2.75, 3.05) is 6.61 Å². The summed E-state index contributed by atoms with van der Waals surface area (Å²) in [6.07, 6.45) is 3.10. The van der Waals surface area contributed by atoms with Gasteiger partial charge in [-0.15, -0.1) is 0 Å². The van der Waals surface area contributed by atoms with Gasteiger partial charge in [-0.25, -0.2) is 4.79 Å². The number of fused-ring (bicyclic) bond motifs is 1. The Balaban J connectivity index is 1.34. The number of rotatable bonds is 6. The number of amides is 1. The van der Waals surface area contributed by atoms with Crippen LogP contribution < -0.4 is 10.1 Å². The molecule has 2 aliphatic rings. The van der Waals surface area contributed by atoms with E-state index in [1.165, 1.54) is 5.56 Å².